The number of aryl methyl sites for hydroxylation is 1. The van der Waals surface area contributed by atoms with Crippen LogP contribution in [-0.2, 0) is 14.6 Å². The van der Waals surface area contributed by atoms with Crippen molar-refractivity contribution in [1.82, 2.24) is 13.9 Å². The van der Waals surface area contributed by atoms with Gasteiger partial charge < -0.3 is 9.30 Å². The van der Waals surface area contributed by atoms with Crippen LogP contribution in [0.1, 0.15) is 30.8 Å². The van der Waals surface area contributed by atoms with Crippen molar-refractivity contribution < 1.29 is 17.9 Å². The van der Waals surface area contributed by atoms with Gasteiger partial charge in [0.1, 0.15) is 17.4 Å². The summed E-state index contributed by atoms with van der Waals surface area (Å²) in [5.74, 6) is -0.131. The molecule has 178 valence electrons. The van der Waals surface area contributed by atoms with Crippen molar-refractivity contribution in [1.29, 1.82) is 5.26 Å². The van der Waals surface area contributed by atoms with Crippen molar-refractivity contribution in [2.24, 2.45) is 5.92 Å². The Kier molecular flexibility index (Phi) is 7.54. The number of rotatable bonds is 8. The number of hydrogen-bond donors (Lipinski definition) is 1. The van der Waals surface area contributed by atoms with E-state index in [2.05, 4.69) is 14.7 Å². The van der Waals surface area contributed by atoms with Gasteiger partial charge in [-0.3, -0.25) is 10.1 Å². The molecule has 0 fully saturated rings. The summed E-state index contributed by atoms with van der Waals surface area (Å²) in [6.45, 7) is 7.39. The Hall–Kier alpha value is -3.49. The molecule has 0 atom stereocenters. The predicted octanol–water partition coefficient (Wildman–Crippen LogP) is 3.93. The number of nitrogens with one attached hydrogen (secondary N) is 1. The topological polar surface area (TPSA) is 127 Å². The maximum atomic E-state index is 12.7. The molecule has 34 heavy (non-hydrogen) atoms. The largest absolute Gasteiger partial charge is 0.497 e. The van der Waals surface area contributed by atoms with Crippen molar-refractivity contribution in [2.75, 3.05) is 18.2 Å². The molecule has 2 aromatic heterocycles. The molecule has 0 aliphatic rings. The maximum Gasteiger partial charge on any atom is 0.268 e. The van der Waals surface area contributed by atoms with Gasteiger partial charge in [0, 0.05) is 28.6 Å². The van der Waals surface area contributed by atoms with E-state index in [1.165, 1.54) is 6.08 Å². The van der Waals surface area contributed by atoms with Crippen LogP contribution in [0.5, 0.6) is 5.75 Å². The first-order valence-corrected chi connectivity index (χ1v) is 12.8. The van der Waals surface area contributed by atoms with Crippen LogP contribution in [0.25, 0.3) is 11.8 Å². The van der Waals surface area contributed by atoms with Gasteiger partial charge in [-0.1, -0.05) is 13.8 Å². The first-order valence-electron chi connectivity index (χ1n) is 10.4. The van der Waals surface area contributed by atoms with E-state index in [9.17, 15) is 18.5 Å². The van der Waals surface area contributed by atoms with Crippen molar-refractivity contribution in [3.63, 3.8) is 0 Å². The molecular weight excluding hydrogens is 474 g/mol. The molecule has 1 N–H and O–H groups in total. The molecule has 0 saturated carbocycles. The van der Waals surface area contributed by atoms with Gasteiger partial charge in [-0.2, -0.15) is 14.6 Å². The lowest BCUT2D eigenvalue weighted by Gasteiger charge is -2.10. The molecule has 0 radical (unpaired) electrons. The van der Waals surface area contributed by atoms with E-state index in [4.69, 9.17) is 4.74 Å². The number of nitrogens with zero attached hydrogens (tertiary/aromatic N) is 4. The normalized spacial score (nSPS) is 12.0. The van der Waals surface area contributed by atoms with Gasteiger partial charge >= 0.3 is 0 Å². The van der Waals surface area contributed by atoms with E-state index in [0.717, 1.165) is 34.4 Å². The van der Waals surface area contributed by atoms with Gasteiger partial charge in [0.05, 0.1) is 12.9 Å². The molecule has 0 spiro atoms. The first kappa shape index (κ1) is 25.1. The fraction of sp³-hybridized carbons (Fsp3) is 0.304. The van der Waals surface area contributed by atoms with Crippen LogP contribution in [0, 0.1) is 31.1 Å². The van der Waals surface area contributed by atoms with E-state index in [1.54, 1.807) is 21.0 Å². The number of benzene rings is 1. The number of carbonyl (C=O) groups is 1. The van der Waals surface area contributed by atoms with Crippen LogP contribution in [0.3, 0.4) is 0 Å². The fourth-order valence-corrected chi connectivity index (χ4v) is 5.78. The Morgan fingerprint density at radius 1 is 1.29 bits per heavy atom. The van der Waals surface area contributed by atoms with Crippen molar-refractivity contribution in [3.05, 3.63) is 52.9 Å². The number of hydrogen-bond acceptors (Lipinski definition) is 8. The van der Waals surface area contributed by atoms with Gasteiger partial charge in [-0.15, -0.1) is 0 Å². The second-order valence-corrected chi connectivity index (χ2v) is 10.7. The predicted molar refractivity (Wildman–Crippen MR) is 131 cm³/mol. The number of aromatic nitrogens is 3. The highest BCUT2D eigenvalue weighted by Gasteiger charge is 2.23. The highest BCUT2D eigenvalue weighted by molar-refractivity contribution is 7.91. The van der Waals surface area contributed by atoms with Crippen molar-refractivity contribution in [3.8, 4) is 17.5 Å². The Balaban J connectivity index is 1.84. The molecule has 11 heteroatoms. The quantitative estimate of drug-likeness (QED) is 0.367. The molecule has 9 nitrogen and oxygen atoms in total. The van der Waals surface area contributed by atoms with Crippen molar-refractivity contribution >= 4 is 38.5 Å². The van der Waals surface area contributed by atoms with E-state index >= 15 is 0 Å². The maximum absolute atomic E-state index is 12.7. The molecular formula is C23H25N5O4S2. The minimum Gasteiger partial charge on any atom is -0.497 e. The second-order valence-electron chi connectivity index (χ2n) is 8.04. The zero-order valence-corrected chi connectivity index (χ0v) is 21.1. The molecule has 0 aliphatic carbocycles. The minimum atomic E-state index is -3.64. The number of methoxy groups -OCH3 is 1. The lowest BCUT2D eigenvalue weighted by molar-refractivity contribution is -0.112. The summed E-state index contributed by atoms with van der Waals surface area (Å²) in [6, 6.07) is 11.3. The molecule has 0 unspecified atom stereocenters. The summed E-state index contributed by atoms with van der Waals surface area (Å²) in [5, 5.41) is 11.7. The van der Waals surface area contributed by atoms with Crippen LogP contribution in [-0.4, -0.2) is 41.1 Å². The Labute approximate surface area is 202 Å². The van der Waals surface area contributed by atoms with Gasteiger partial charge in [0.2, 0.25) is 15.0 Å². The van der Waals surface area contributed by atoms with E-state index in [-0.39, 0.29) is 27.5 Å². The molecule has 1 amide bonds. The average Bonchev–Trinajstić information content (AvgIpc) is 3.35. The SMILES string of the molecule is COc1ccc(-n2c(C)cc(/C=C(/C#N)C(=O)Nc3nc(S(=O)(=O)CC(C)C)ns3)c2C)cc1. The number of amides is 1. The number of sulfone groups is 1. The van der Waals surface area contributed by atoms with Gasteiger partial charge in [-0.25, -0.2) is 8.42 Å². The lowest BCUT2D eigenvalue weighted by atomic mass is 10.1. The zero-order chi connectivity index (χ0) is 25.0. The average molecular weight is 500 g/mol. The Morgan fingerprint density at radius 2 is 1.97 bits per heavy atom. The Morgan fingerprint density at radius 3 is 2.56 bits per heavy atom. The summed E-state index contributed by atoms with van der Waals surface area (Å²) >= 11 is 0.753. The molecule has 3 rings (SSSR count). The molecule has 1 aromatic carbocycles. The molecule has 3 aromatic rings. The van der Waals surface area contributed by atoms with Crippen LogP contribution in [0.15, 0.2) is 41.1 Å². The van der Waals surface area contributed by atoms with Gasteiger partial charge in [-0.05, 0) is 61.7 Å². The third kappa shape index (κ3) is 5.52. The van der Waals surface area contributed by atoms with E-state index < -0.39 is 15.7 Å². The Bertz CT molecular complexity index is 1380. The van der Waals surface area contributed by atoms with Crippen molar-refractivity contribution in [2.45, 2.75) is 32.9 Å². The monoisotopic (exact) mass is 499 g/mol. The van der Waals surface area contributed by atoms with Crippen LogP contribution in [0.2, 0.25) is 0 Å². The summed E-state index contributed by atoms with van der Waals surface area (Å²) in [4.78, 5) is 16.6. The molecule has 0 aliphatic heterocycles. The number of carbonyl (C=O) groups excluding carboxylic acids is 1. The van der Waals surface area contributed by atoms with E-state index in [0.29, 0.717) is 5.56 Å². The third-order valence-corrected chi connectivity index (χ3v) is 7.52. The van der Waals surface area contributed by atoms with Gasteiger partial charge in [0.25, 0.3) is 11.1 Å². The highest BCUT2D eigenvalue weighted by atomic mass is 32.2. The lowest BCUT2D eigenvalue weighted by Crippen LogP contribution is -2.15. The molecule has 0 bridgehead atoms. The number of ether oxygens (including phenoxy) is 1. The molecule has 0 saturated heterocycles. The van der Waals surface area contributed by atoms with Crippen LogP contribution < -0.4 is 10.1 Å². The molecule has 2 heterocycles. The van der Waals surface area contributed by atoms with Crippen LogP contribution in [0.4, 0.5) is 5.13 Å². The highest BCUT2D eigenvalue weighted by Crippen LogP contribution is 2.25. The smallest absolute Gasteiger partial charge is 0.268 e. The summed E-state index contributed by atoms with van der Waals surface area (Å²) in [7, 11) is -2.04. The number of anilines is 1. The summed E-state index contributed by atoms with van der Waals surface area (Å²) < 4.78 is 35.7. The van der Waals surface area contributed by atoms with Gasteiger partial charge in [0.15, 0.2) is 0 Å². The third-order valence-electron chi connectivity index (χ3n) is 4.92. The fourth-order valence-electron chi connectivity index (χ4n) is 3.43. The van der Waals surface area contributed by atoms with E-state index in [1.807, 2.05) is 54.8 Å². The minimum absolute atomic E-state index is 0.0113. The van der Waals surface area contributed by atoms with Crippen LogP contribution >= 0.6 is 11.5 Å². The zero-order valence-electron chi connectivity index (χ0n) is 19.5. The summed E-state index contributed by atoms with van der Waals surface area (Å²) in [6.07, 6.45) is 1.50. The number of nitriles is 1. The standard InChI is InChI=1S/C23H25N5O4S2/c1-14(2)13-34(30,31)23-26-22(33-27-23)25-21(29)18(12-24)11-17-10-15(3)28(16(17)4)19-6-8-20(32-5)9-7-19/h6-11,14H,13H2,1-5H3,(H,25,26,27,29)/b18-11-. The summed E-state index contributed by atoms with van der Waals surface area (Å²) in [5.41, 5.74) is 3.26. The first-order chi connectivity index (χ1) is 16.1. The second kappa shape index (κ2) is 10.2.